The molecule has 16 heavy (non-hydrogen) atoms. The molecule has 1 rings (SSSR count). The summed E-state index contributed by atoms with van der Waals surface area (Å²) in [4.78, 5) is 23.2. The maximum absolute atomic E-state index is 11.8. The van der Waals surface area contributed by atoms with Gasteiger partial charge in [0, 0.05) is 25.0 Å². The van der Waals surface area contributed by atoms with Crippen molar-refractivity contribution >= 4 is 22.2 Å². The van der Waals surface area contributed by atoms with Gasteiger partial charge in [0.2, 0.25) is 0 Å². The highest BCUT2D eigenvalue weighted by atomic mass is 32.1. The highest BCUT2D eigenvalue weighted by Gasteiger charge is 2.17. The number of hydrogen-bond donors (Lipinski definition) is 1. The summed E-state index contributed by atoms with van der Waals surface area (Å²) in [6.45, 7) is 1.07. The van der Waals surface area contributed by atoms with E-state index >= 15 is 0 Å². The summed E-state index contributed by atoms with van der Waals surface area (Å²) in [5.41, 5.74) is 5.69. The molecule has 1 heterocycles. The summed E-state index contributed by atoms with van der Waals surface area (Å²) in [5, 5.41) is 11.9. The van der Waals surface area contributed by atoms with Crippen LogP contribution < -0.4 is 5.73 Å². The molecule has 0 atom stereocenters. The fourth-order valence-corrected chi connectivity index (χ4v) is 1.88. The van der Waals surface area contributed by atoms with Gasteiger partial charge in [0.05, 0.1) is 10.5 Å². The van der Waals surface area contributed by atoms with Gasteiger partial charge in [-0.1, -0.05) is 11.3 Å². The fraction of sp³-hybridized carbons (Fsp3) is 0.444. The molecular formula is C9H13N3O3S. The molecule has 0 aliphatic rings. The zero-order chi connectivity index (χ0) is 12.1. The lowest BCUT2D eigenvalue weighted by molar-refractivity contribution is -0.380. The second-order valence-corrected chi connectivity index (χ2v) is 4.19. The van der Waals surface area contributed by atoms with Gasteiger partial charge in [-0.05, 0) is 13.0 Å². The van der Waals surface area contributed by atoms with Gasteiger partial charge < -0.3 is 10.6 Å². The van der Waals surface area contributed by atoms with Gasteiger partial charge in [0.1, 0.15) is 0 Å². The van der Waals surface area contributed by atoms with Crippen LogP contribution in [0.1, 0.15) is 16.8 Å². The van der Waals surface area contributed by atoms with Crippen molar-refractivity contribution in [2.75, 3.05) is 20.1 Å². The van der Waals surface area contributed by atoms with Crippen LogP contribution in [0.25, 0.3) is 0 Å². The number of nitrogens with two attached hydrogens (primary N) is 1. The number of carbonyl (C=O) groups is 1. The van der Waals surface area contributed by atoms with Crippen molar-refractivity contribution in [3.05, 3.63) is 27.1 Å². The number of carbonyl (C=O) groups excluding carboxylic acids is 1. The quantitative estimate of drug-likeness (QED) is 0.619. The smallest absolute Gasteiger partial charge is 0.324 e. The minimum absolute atomic E-state index is 0.0180. The molecule has 1 amide bonds. The van der Waals surface area contributed by atoms with Crippen LogP contribution in [0.15, 0.2) is 11.4 Å². The molecular weight excluding hydrogens is 230 g/mol. The van der Waals surface area contributed by atoms with E-state index in [1.807, 2.05) is 0 Å². The second-order valence-electron chi connectivity index (χ2n) is 3.30. The molecule has 0 unspecified atom stereocenters. The Balaban J connectivity index is 2.68. The Morgan fingerprint density at radius 1 is 1.69 bits per heavy atom. The summed E-state index contributed by atoms with van der Waals surface area (Å²) in [6.07, 6.45) is 0.717. The predicted molar refractivity (Wildman–Crippen MR) is 61.6 cm³/mol. The third kappa shape index (κ3) is 3.01. The summed E-state index contributed by atoms with van der Waals surface area (Å²) in [6, 6.07) is 1.30. The summed E-state index contributed by atoms with van der Waals surface area (Å²) < 4.78 is 0. The number of thiophene rings is 1. The van der Waals surface area contributed by atoms with Crippen LogP contribution in [0.4, 0.5) is 5.00 Å². The van der Waals surface area contributed by atoms with Gasteiger partial charge in [-0.25, -0.2) is 0 Å². The Labute approximate surface area is 96.8 Å². The first kappa shape index (κ1) is 12.6. The summed E-state index contributed by atoms with van der Waals surface area (Å²) in [7, 11) is 1.65. The van der Waals surface area contributed by atoms with Crippen molar-refractivity contribution in [1.82, 2.24) is 4.90 Å². The highest BCUT2D eigenvalue weighted by molar-refractivity contribution is 7.13. The number of amides is 1. The molecule has 0 saturated carbocycles. The van der Waals surface area contributed by atoms with E-state index in [4.69, 9.17) is 5.73 Å². The van der Waals surface area contributed by atoms with Crippen molar-refractivity contribution in [2.45, 2.75) is 6.42 Å². The lowest BCUT2D eigenvalue weighted by Crippen LogP contribution is -2.28. The topological polar surface area (TPSA) is 89.5 Å². The van der Waals surface area contributed by atoms with Gasteiger partial charge in [-0.2, -0.15) is 0 Å². The van der Waals surface area contributed by atoms with Crippen molar-refractivity contribution < 1.29 is 9.72 Å². The Hall–Kier alpha value is -1.47. The predicted octanol–water partition coefficient (Wildman–Crippen LogP) is 1.08. The number of rotatable bonds is 5. The first-order valence-corrected chi connectivity index (χ1v) is 5.62. The zero-order valence-corrected chi connectivity index (χ0v) is 9.70. The maximum atomic E-state index is 11.8. The third-order valence-electron chi connectivity index (χ3n) is 2.06. The molecule has 0 saturated heterocycles. The molecule has 7 heteroatoms. The fourth-order valence-electron chi connectivity index (χ4n) is 1.18. The molecule has 0 aliphatic heterocycles. The van der Waals surface area contributed by atoms with Gasteiger partial charge in [0.15, 0.2) is 0 Å². The van der Waals surface area contributed by atoms with Crippen molar-refractivity contribution in [3.63, 3.8) is 0 Å². The molecule has 1 aromatic heterocycles. The van der Waals surface area contributed by atoms with Gasteiger partial charge >= 0.3 is 5.00 Å². The molecule has 1 aromatic rings. The first-order chi connectivity index (χ1) is 7.56. The molecule has 0 aromatic carbocycles. The van der Waals surface area contributed by atoms with Crippen molar-refractivity contribution in [2.24, 2.45) is 5.73 Å². The number of nitro groups is 1. The van der Waals surface area contributed by atoms with Crippen LogP contribution in [0.5, 0.6) is 0 Å². The highest BCUT2D eigenvalue weighted by Crippen LogP contribution is 2.23. The molecule has 0 fully saturated rings. The van der Waals surface area contributed by atoms with E-state index in [1.54, 1.807) is 7.05 Å². The number of nitrogens with zero attached hydrogens (tertiary/aromatic N) is 2. The lowest BCUT2D eigenvalue weighted by Gasteiger charge is -2.15. The Morgan fingerprint density at radius 3 is 2.88 bits per heavy atom. The third-order valence-corrected chi connectivity index (χ3v) is 2.94. The Kier molecular flexibility index (Phi) is 4.39. The van der Waals surface area contributed by atoms with E-state index in [-0.39, 0.29) is 10.9 Å². The molecule has 88 valence electrons. The van der Waals surface area contributed by atoms with E-state index in [9.17, 15) is 14.9 Å². The van der Waals surface area contributed by atoms with E-state index < -0.39 is 4.92 Å². The van der Waals surface area contributed by atoms with Crippen LogP contribution in [0.3, 0.4) is 0 Å². The molecule has 6 nitrogen and oxygen atoms in total. The molecule has 0 aliphatic carbocycles. The SMILES string of the molecule is CN(CCCN)C(=O)c1csc([N+](=O)[O-])c1. The minimum Gasteiger partial charge on any atom is -0.342 e. The molecule has 0 spiro atoms. The molecule has 2 N–H and O–H groups in total. The van der Waals surface area contributed by atoms with Crippen LogP contribution in [-0.2, 0) is 0 Å². The van der Waals surface area contributed by atoms with Gasteiger partial charge in [-0.15, -0.1) is 0 Å². The lowest BCUT2D eigenvalue weighted by atomic mass is 10.3. The molecule has 0 bridgehead atoms. The first-order valence-electron chi connectivity index (χ1n) is 4.74. The average molecular weight is 243 g/mol. The Morgan fingerprint density at radius 2 is 2.38 bits per heavy atom. The largest absolute Gasteiger partial charge is 0.342 e. The van der Waals surface area contributed by atoms with Crippen LogP contribution in [-0.4, -0.2) is 35.9 Å². The monoisotopic (exact) mass is 243 g/mol. The number of hydrogen-bond acceptors (Lipinski definition) is 5. The summed E-state index contributed by atoms with van der Waals surface area (Å²) >= 11 is 0.956. The van der Waals surface area contributed by atoms with E-state index in [0.29, 0.717) is 25.1 Å². The van der Waals surface area contributed by atoms with Gasteiger partial charge in [-0.3, -0.25) is 14.9 Å². The maximum Gasteiger partial charge on any atom is 0.324 e. The van der Waals surface area contributed by atoms with E-state index in [1.165, 1.54) is 16.3 Å². The normalized spacial score (nSPS) is 10.1. The van der Waals surface area contributed by atoms with Crippen molar-refractivity contribution in [3.8, 4) is 0 Å². The average Bonchev–Trinajstić information content (AvgIpc) is 2.74. The van der Waals surface area contributed by atoms with Crippen LogP contribution in [0, 0.1) is 10.1 Å². The molecule has 0 radical (unpaired) electrons. The zero-order valence-electron chi connectivity index (χ0n) is 8.88. The van der Waals surface area contributed by atoms with Crippen molar-refractivity contribution in [1.29, 1.82) is 0 Å². The summed E-state index contributed by atoms with van der Waals surface area (Å²) in [5.74, 6) is -0.210. The van der Waals surface area contributed by atoms with Gasteiger partial charge in [0.25, 0.3) is 5.91 Å². The Bertz CT molecular complexity index is 391. The van der Waals surface area contributed by atoms with Crippen LogP contribution in [0.2, 0.25) is 0 Å². The van der Waals surface area contributed by atoms with E-state index in [0.717, 1.165) is 11.3 Å². The van der Waals surface area contributed by atoms with E-state index in [2.05, 4.69) is 0 Å². The van der Waals surface area contributed by atoms with Crippen LogP contribution >= 0.6 is 11.3 Å². The standard InChI is InChI=1S/C9H13N3O3S/c1-11(4-2-3-10)9(13)7-5-8(12(14)15)16-6-7/h5-6H,2-4,10H2,1H3. The minimum atomic E-state index is -0.499. The second kappa shape index (κ2) is 5.57.